The maximum absolute atomic E-state index is 12.9. The number of nitrogens with two attached hydrogens (primary N) is 1. The average molecular weight is 316 g/mol. The van der Waals surface area contributed by atoms with Crippen LogP contribution in [-0.2, 0) is 4.79 Å². The first-order chi connectivity index (χ1) is 11.0. The Morgan fingerprint density at radius 1 is 1.17 bits per heavy atom. The van der Waals surface area contributed by atoms with Gasteiger partial charge >= 0.3 is 0 Å². The van der Waals surface area contributed by atoms with E-state index in [0.29, 0.717) is 11.7 Å². The predicted molar refractivity (Wildman–Crippen MR) is 91.2 cm³/mol. The molecule has 2 aliphatic rings. The SMILES string of the molecule is CC1(N)CCCCC1C(=O)N1CCC(c2ccc(O)cc2)CC1. The maximum atomic E-state index is 12.9. The summed E-state index contributed by atoms with van der Waals surface area (Å²) in [5.74, 6) is 1.04. The minimum absolute atomic E-state index is 0.0125. The molecule has 2 atom stereocenters. The number of amides is 1. The number of carbonyl (C=O) groups is 1. The minimum Gasteiger partial charge on any atom is -0.508 e. The van der Waals surface area contributed by atoms with Crippen LogP contribution in [0.2, 0.25) is 0 Å². The summed E-state index contributed by atoms with van der Waals surface area (Å²) >= 11 is 0. The second-order valence-electron chi connectivity index (χ2n) is 7.50. The van der Waals surface area contributed by atoms with Gasteiger partial charge < -0.3 is 15.7 Å². The topological polar surface area (TPSA) is 66.6 Å². The van der Waals surface area contributed by atoms with Crippen molar-refractivity contribution in [2.45, 2.75) is 56.9 Å². The molecule has 3 N–H and O–H groups in total. The molecule has 1 aromatic rings. The molecule has 1 aliphatic heterocycles. The summed E-state index contributed by atoms with van der Waals surface area (Å²) in [5.41, 5.74) is 7.31. The molecule has 2 fully saturated rings. The van der Waals surface area contributed by atoms with E-state index in [1.54, 1.807) is 12.1 Å². The lowest BCUT2D eigenvalue weighted by Crippen LogP contribution is -2.54. The molecule has 23 heavy (non-hydrogen) atoms. The van der Waals surface area contributed by atoms with Gasteiger partial charge in [0.15, 0.2) is 0 Å². The van der Waals surface area contributed by atoms with Crippen molar-refractivity contribution < 1.29 is 9.90 Å². The third kappa shape index (κ3) is 3.52. The second kappa shape index (κ2) is 6.52. The number of phenols is 1. The number of hydrogen-bond acceptors (Lipinski definition) is 3. The van der Waals surface area contributed by atoms with Crippen molar-refractivity contribution in [3.05, 3.63) is 29.8 Å². The molecule has 1 saturated heterocycles. The number of carbonyl (C=O) groups excluding carboxylic acids is 1. The van der Waals surface area contributed by atoms with E-state index in [9.17, 15) is 9.90 Å². The molecule has 126 valence electrons. The number of piperidine rings is 1. The molecule has 4 heteroatoms. The Morgan fingerprint density at radius 2 is 1.83 bits per heavy atom. The lowest BCUT2D eigenvalue weighted by Gasteiger charge is -2.41. The summed E-state index contributed by atoms with van der Waals surface area (Å²) in [5, 5.41) is 9.40. The van der Waals surface area contributed by atoms with Crippen molar-refractivity contribution >= 4 is 5.91 Å². The van der Waals surface area contributed by atoms with Crippen molar-refractivity contribution in [2.75, 3.05) is 13.1 Å². The minimum atomic E-state index is -0.344. The summed E-state index contributed by atoms with van der Waals surface area (Å²) in [6.07, 6.45) is 6.12. The predicted octanol–water partition coefficient (Wildman–Crippen LogP) is 3.01. The number of nitrogens with zero attached hydrogens (tertiary/aromatic N) is 1. The number of rotatable bonds is 2. The van der Waals surface area contributed by atoms with Crippen LogP contribution in [0.4, 0.5) is 0 Å². The van der Waals surface area contributed by atoms with Gasteiger partial charge in [0.05, 0.1) is 5.92 Å². The highest BCUT2D eigenvalue weighted by Gasteiger charge is 2.40. The van der Waals surface area contributed by atoms with E-state index in [1.807, 2.05) is 24.0 Å². The molecule has 1 aromatic carbocycles. The van der Waals surface area contributed by atoms with Crippen LogP contribution in [0.15, 0.2) is 24.3 Å². The number of likely N-dealkylation sites (tertiary alicyclic amines) is 1. The average Bonchev–Trinajstić information content (AvgIpc) is 2.55. The molecule has 1 aliphatic carbocycles. The zero-order chi connectivity index (χ0) is 16.4. The van der Waals surface area contributed by atoms with Crippen molar-refractivity contribution in [3.8, 4) is 5.75 Å². The van der Waals surface area contributed by atoms with Gasteiger partial charge in [0, 0.05) is 18.6 Å². The Hall–Kier alpha value is -1.55. The zero-order valence-electron chi connectivity index (χ0n) is 14.0. The Morgan fingerprint density at radius 3 is 2.43 bits per heavy atom. The van der Waals surface area contributed by atoms with Gasteiger partial charge in [-0.25, -0.2) is 0 Å². The molecular formula is C19H28N2O2. The van der Waals surface area contributed by atoms with E-state index < -0.39 is 0 Å². The molecule has 0 radical (unpaired) electrons. The summed E-state index contributed by atoms with van der Waals surface area (Å²) < 4.78 is 0. The van der Waals surface area contributed by atoms with Gasteiger partial charge in [-0.2, -0.15) is 0 Å². The molecule has 0 spiro atoms. The van der Waals surface area contributed by atoms with Crippen molar-refractivity contribution in [1.29, 1.82) is 0 Å². The van der Waals surface area contributed by atoms with Crippen molar-refractivity contribution in [1.82, 2.24) is 4.90 Å². The number of phenolic OH excluding ortho intramolecular Hbond substituents is 1. The van der Waals surface area contributed by atoms with Crippen molar-refractivity contribution in [3.63, 3.8) is 0 Å². The summed E-state index contributed by atoms with van der Waals surface area (Å²) in [6.45, 7) is 3.67. The van der Waals surface area contributed by atoms with E-state index >= 15 is 0 Å². The monoisotopic (exact) mass is 316 g/mol. The van der Waals surface area contributed by atoms with Crippen LogP contribution < -0.4 is 5.73 Å². The molecule has 0 bridgehead atoms. The molecule has 4 nitrogen and oxygen atoms in total. The second-order valence-corrected chi connectivity index (χ2v) is 7.50. The van der Waals surface area contributed by atoms with Gasteiger partial charge in [0.2, 0.25) is 5.91 Å². The Balaban J connectivity index is 1.60. The molecule has 1 saturated carbocycles. The molecule has 1 heterocycles. The fraction of sp³-hybridized carbons (Fsp3) is 0.632. The number of aromatic hydroxyl groups is 1. The van der Waals surface area contributed by atoms with Crippen LogP contribution in [-0.4, -0.2) is 34.5 Å². The first-order valence-corrected chi connectivity index (χ1v) is 8.84. The van der Waals surface area contributed by atoms with Crippen LogP contribution in [0.3, 0.4) is 0 Å². The maximum Gasteiger partial charge on any atom is 0.227 e. The number of benzene rings is 1. The quantitative estimate of drug-likeness (QED) is 0.881. The summed E-state index contributed by atoms with van der Waals surface area (Å²) in [7, 11) is 0. The van der Waals surface area contributed by atoms with Crippen LogP contribution in [0, 0.1) is 5.92 Å². The smallest absolute Gasteiger partial charge is 0.227 e. The summed E-state index contributed by atoms with van der Waals surface area (Å²) in [4.78, 5) is 14.9. The Bertz CT molecular complexity index is 545. The van der Waals surface area contributed by atoms with Crippen LogP contribution in [0.5, 0.6) is 5.75 Å². The highest BCUT2D eigenvalue weighted by atomic mass is 16.3. The molecule has 3 rings (SSSR count). The third-order valence-electron chi connectivity index (χ3n) is 5.72. The standard InChI is InChI=1S/C19H28N2O2/c1-19(20)11-3-2-4-17(19)18(23)21-12-9-15(10-13-21)14-5-7-16(22)8-6-14/h5-8,15,17,22H,2-4,9-13,20H2,1H3. The van der Waals surface area contributed by atoms with Gasteiger partial charge in [0.1, 0.15) is 5.75 Å². The van der Waals surface area contributed by atoms with Crippen molar-refractivity contribution in [2.24, 2.45) is 11.7 Å². The first kappa shape index (κ1) is 16.3. The van der Waals surface area contributed by atoms with E-state index in [1.165, 1.54) is 5.56 Å². The van der Waals surface area contributed by atoms with Crippen LogP contribution >= 0.6 is 0 Å². The van der Waals surface area contributed by atoms with Crippen LogP contribution in [0.1, 0.15) is 56.9 Å². The fourth-order valence-electron chi connectivity index (χ4n) is 4.16. The van der Waals surface area contributed by atoms with E-state index in [2.05, 4.69) is 0 Å². The summed E-state index contributed by atoms with van der Waals surface area (Å²) in [6, 6.07) is 7.48. The normalized spacial score (nSPS) is 29.5. The zero-order valence-corrected chi connectivity index (χ0v) is 14.0. The highest BCUT2D eigenvalue weighted by Crippen LogP contribution is 2.35. The Labute approximate surface area is 138 Å². The van der Waals surface area contributed by atoms with E-state index in [0.717, 1.165) is 51.6 Å². The lowest BCUT2D eigenvalue weighted by atomic mass is 9.73. The highest BCUT2D eigenvalue weighted by molar-refractivity contribution is 5.80. The molecule has 0 aromatic heterocycles. The van der Waals surface area contributed by atoms with Gasteiger partial charge in [0.25, 0.3) is 0 Å². The van der Waals surface area contributed by atoms with Gasteiger partial charge in [-0.3, -0.25) is 4.79 Å². The van der Waals surface area contributed by atoms with E-state index in [4.69, 9.17) is 5.73 Å². The fourth-order valence-corrected chi connectivity index (χ4v) is 4.16. The van der Waals surface area contributed by atoms with Crippen LogP contribution in [0.25, 0.3) is 0 Å². The van der Waals surface area contributed by atoms with E-state index in [-0.39, 0.29) is 17.4 Å². The largest absolute Gasteiger partial charge is 0.508 e. The molecular weight excluding hydrogens is 288 g/mol. The Kier molecular flexibility index (Phi) is 4.62. The van der Waals surface area contributed by atoms with Gasteiger partial charge in [-0.1, -0.05) is 25.0 Å². The lowest BCUT2D eigenvalue weighted by molar-refractivity contribution is -0.140. The molecule has 1 amide bonds. The van der Waals surface area contributed by atoms with Gasteiger partial charge in [-0.05, 0) is 56.2 Å². The third-order valence-corrected chi connectivity index (χ3v) is 5.72. The molecule has 2 unspecified atom stereocenters. The van der Waals surface area contributed by atoms with Gasteiger partial charge in [-0.15, -0.1) is 0 Å². The first-order valence-electron chi connectivity index (χ1n) is 8.84. The number of hydrogen-bond donors (Lipinski definition) is 2.